The van der Waals surface area contributed by atoms with Crippen molar-refractivity contribution in [1.29, 1.82) is 0 Å². The lowest BCUT2D eigenvalue weighted by Crippen LogP contribution is -2.44. The molecule has 0 aromatic heterocycles. The quantitative estimate of drug-likeness (QED) is 0.733. The SMILES string of the molecule is C1C[C@H](N2CCOCC2)CCN([C@@H]2CCOC2)C1. The van der Waals surface area contributed by atoms with Gasteiger partial charge in [-0.3, -0.25) is 9.80 Å². The first-order valence-corrected chi connectivity index (χ1v) is 7.57. The third kappa shape index (κ3) is 3.05. The lowest BCUT2D eigenvalue weighted by Gasteiger charge is -2.34. The number of ether oxygens (including phenoxy) is 2. The second kappa shape index (κ2) is 6.33. The minimum absolute atomic E-state index is 0.702. The maximum atomic E-state index is 5.53. The summed E-state index contributed by atoms with van der Waals surface area (Å²) in [4.78, 5) is 5.32. The van der Waals surface area contributed by atoms with Crippen molar-refractivity contribution in [2.45, 2.75) is 37.8 Å². The van der Waals surface area contributed by atoms with E-state index in [-0.39, 0.29) is 0 Å². The van der Waals surface area contributed by atoms with E-state index in [9.17, 15) is 0 Å². The molecular weight excluding hydrogens is 228 g/mol. The zero-order valence-electron chi connectivity index (χ0n) is 11.4. The average molecular weight is 254 g/mol. The Labute approximate surface area is 110 Å². The molecule has 0 unspecified atom stereocenters. The number of hydrogen-bond donors (Lipinski definition) is 0. The van der Waals surface area contributed by atoms with Crippen molar-refractivity contribution < 1.29 is 9.47 Å². The van der Waals surface area contributed by atoms with Crippen LogP contribution in [0.3, 0.4) is 0 Å². The standard InChI is InChI=1S/C14H26N2O2/c1-2-13(16-7-10-17-11-8-16)3-6-15(5-1)14-4-9-18-12-14/h13-14H,1-12H2/t13-,14+/m0/s1. The van der Waals surface area contributed by atoms with Crippen molar-refractivity contribution in [3.05, 3.63) is 0 Å². The van der Waals surface area contributed by atoms with Gasteiger partial charge in [-0.15, -0.1) is 0 Å². The van der Waals surface area contributed by atoms with E-state index in [1.54, 1.807) is 0 Å². The van der Waals surface area contributed by atoms with Crippen LogP contribution in [-0.4, -0.2) is 74.5 Å². The number of likely N-dealkylation sites (tertiary alicyclic amines) is 1. The Kier molecular flexibility index (Phi) is 4.52. The fraction of sp³-hybridized carbons (Fsp3) is 1.00. The topological polar surface area (TPSA) is 24.9 Å². The van der Waals surface area contributed by atoms with Crippen LogP contribution in [0.25, 0.3) is 0 Å². The van der Waals surface area contributed by atoms with Crippen LogP contribution in [0.4, 0.5) is 0 Å². The Morgan fingerprint density at radius 1 is 0.667 bits per heavy atom. The van der Waals surface area contributed by atoms with Gasteiger partial charge in [0.05, 0.1) is 19.8 Å². The summed E-state index contributed by atoms with van der Waals surface area (Å²) in [7, 11) is 0. The van der Waals surface area contributed by atoms with Gasteiger partial charge in [-0.1, -0.05) is 0 Å². The maximum absolute atomic E-state index is 5.53. The van der Waals surface area contributed by atoms with Gasteiger partial charge in [0, 0.05) is 38.3 Å². The molecule has 0 aromatic rings. The van der Waals surface area contributed by atoms with E-state index < -0.39 is 0 Å². The first-order valence-electron chi connectivity index (χ1n) is 7.57. The number of morpholine rings is 1. The van der Waals surface area contributed by atoms with Crippen LogP contribution in [0.15, 0.2) is 0 Å². The van der Waals surface area contributed by atoms with Gasteiger partial charge in [0.15, 0.2) is 0 Å². The van der Waals surface area contributed by atoms with Crippen LogP contribution in [0.1, 0.15) is 25.7 Å². The van der Waals surface area contributed by atoms with E-state index in [1.807, 2.05) is 0 Å². The summed E-state index contributed by atoms with van der Waals surface area (Å²) in [5.74, 6) is 0. The first kappa shape index (κ1) is 12.9. The third-order valence-corrected chi connectivity index (χ3v) is 4.72. The molecule has 104 valence electrons. The van der Waals surface area contributed by atoms with E-state index in [4.69, 9.17) is 9.47 Å². The second-order valence-electron chi connectivity index (χ2n) is 5.79. The minimum Gasteiger partial charge on any atom is -0.380 e. The number of nitrogens with zero attached hydrogens (tertiary/aromatic N) is 2. The van der Waals surface area contributed by atoms with Crippen molar-refractivity contribution in [1.82, 2.24) is 9.80 Å². The fourth-order valence-electron chi connectivity index (χ4n) is 3.58. The van der Waals surface area contributed by atoms with Crippen molar-refractivity contribution in [2.24, 2.45) is 0 Å². The molecule has 3 saturated heterocycles. The second-order valence-corrected chi connectivity index (χ2v) is 5.79. The maximum Gasteiger partial charge on any atom is 0.0622 e. The highest BCUT2D eigenvalue weighted by molar-refractivity contribution is 4.83. The van der Waals surface area contributed by atoms with Crippen LogP contribution < -0.4 is 0 Å². The van der Waals surface area contributed by atoms with Crippen LogP contribution in [0, 0.1) is 0 Å². The Morgan fingerprint density at radius 3 is 2.28 bits per heavy atom. The summed E-state index contributed by atoms with van der Waals surface area (Å²) in [5, 5.41) is 0. The zero-order valence-corrected chi connectivity index (χ0v) is 11.4. The normalized spacial score (nSPS) is 36.7. The predicted molar refractivity (Wildman–Crippen MR) is 70.8 cm³/mol. The van der Waals surface area contributed by atoms with Crippen LogP contribution in [-0.2, 0) is 9.47 Å². The molecule has 0 saturated carbocycles. The van der Waals surface area contributed by atoms with Gasteiger partial charge in [-0.2, -0.15) is 0 Å². The summed E-state index contributed by atoms with van der Waals surface area (Å²) < 4.78 is 11.0. The molecule has 3 heterocycles. The summed E-state index contributed by atoms with van der Waals surface area (Å²) in [6.45, 7) is 8.59. The molecular formula is C14H26N2O2. The van der Waals surface area contributed by atoms with Gasteiger partial charge >= 0.3 is 0 Å². The smallest absolute Gasteiger partial charge is 0.0622 e. The summed E-state index contributed by atoms with van der Waals surface area (Å²) in [6.07, 6.45) is 5.28. The van der Waals surface area contributed by atoms with Crippen LogP contribution >= 0.6 is 0 Å². The number of hydrogen-bond acceptors (Lipinski definition) is 4. The van der Waals surface area contributed by atoms with Crippen LogP contribution in [0.2, 0.25) is 0 Å². The van der Waals surface area contributed by atoms with Gasteiger partial charge in [0.2, 0.25) is 0 Å². The molecule has 4 nitrogen and oxygen atoms in total. The highest BCUT2D eigenvalue weighted by Crippen LogP contribution is 2.21. The Morgan fingerprint density at radius 2 is 1.50 bits per heavy atom. The summed E-state index contributed by atoms with van der Waals surface area (Å²) in [5.41, 5.74) is 0. The van der Waals surface area contributed by atoms with Crippen LogP contribution in [0.5, 0.6) is 0 Å². The van der Waals surface area contributed by atoms with Crippen molar-refractivity contribution in [3.8, 4) is 0 Å². The molecule has 0 spiro atoms. The van der Waals surface area contributed by atoms with E-state index in [0.717, 1.165) is 45.6 Å². The third-order valence-electron chi connectivity index (χ3n) is 4.72. The number of rotatable bonds is 2. The largest absolute Gasteiger partial charge is 0.380 e. The monoisotopic (exact) mass is 254 g/mol. The fourth-order valence-corrected chi connectivity index (χ4v) is 3.58. The van der Waals surface area contributed by atoms with E-state index in [0.29, 0.717) is 6.04 Å². The molecule has 0 radical (unpaired) electrons. The van der Waals surface area contributed by atoms with E-state index in [2.05, 4.69) is 9.80 Å². The lowest BCUT2D eigenvalue weighted by atomic mass is 10.1. The highest BCUT2D eigenvalue weighted by atomic mass is 16.5. The van der Waals surface area contributed by atoms with Crippen molar-refractivity contribution in [3.63, 3.8) is 0 Å². The molecule has 0 aliphatic carbocycles. The lowest BCUT2D eigenvalue weighted by molar-refractivity contribution is 0.0132. The van der Waals surface area contributed by atoms with Crippen molar-refractivity contribution >= 4 is 0 Å². The predicted octanol–water partition coefficient (Wildman–Crippen LogP) is 0.962. The van der Waals surface area contributed by atoms with Gasteiger partial charge in [0.25, 0.3) is 0 Å². The summed E-state index contributed by atoms with van der Waals surface area (Å²) in [6, 6.07) is 1.50. The molecule has 3 aliphatic rings. The average Bonchev–Trinajstić information content (AvgIpc) is 2.84. The van der Waals surface area contributed by atoms with Crippen molar-refractivity contribution in [2.75, 3.05) is 52.6 Å². The zero-order chi connectivity index (χ0) is 12.2. The van der Waals surface area contributed by atoms with Gasteiger partial charge in [-0.05, 0) is 32.2 Å². The molecule has 3 aliphatic heterocycles. The molecule has 3 fully saturated rings. The Balaban J connectivity index is 1.51. The highest BCUT2D eigenvalue weighted by Gasteiger charge is 2.28. The molecule has 4 heteroatoms. The molecule has 0 aromatic carbocycles. The molecule has 0 amide bonds. The molecule has 2 atom stereocenters. The van der Waals surface area contributed by atoms with Gasteiger partial charge < -0.3 is 9.47 Å². The van der Waals surface area contributed by atoms with Gasteiger partial charge in [-0.25, -0.2) is 0 Å². The molecule has 0 N–H and O–H groups in total. The summed E-state index contributed by atoms with van der Waals surface area (Å²) >= 11 is 0. The van der Waals surface area contributed by atoms with E-state index >= 15 is 0 Å². The molecule has 18 heavy (non-hydrogen) atoms. The molecule has 0 bridgehead atoms. The van der Waals surface area contributed by atoms with E-state index in [1.165, 1.54) is 38.8 Å². The molecule has 3 rings (SSSR count). The minimum atomic E-state index is 0.702. The Hall–Kier alpha value is -0.160. The Bertz CT molecular complexity index is 250. The van der Waals surface area contributed by atoms with Gasteiger partial charge in [0.1, 0.15) is 0 Å². The first-order chi connectivity index (χ1) is 8.93.